The predicted octanol–water partition coefficient (Wildman–Crippen LogP) is 3.01. The standard InChI is InChI=1S/C13H10N/c1-2-5-11-10(4-1)7-8-12(11)13-6-3-9-14-13/h1-9,14H. The molecular formula is C13H10N. The summed E-state index contributed by atoms with van der Waals surface area (Å²) in [6.07, 6.45) is 6.28. The summed E-state index contributed by atoms with van der Waals surface area (Å²) < 4.78 is 0. The van der Waals surface area contributed by atoms with Crippen LogP contribution in [-0.4, -0.2) is 4.98 Å². The molecule has 1 nitrogen and oxygen atoms in total. The van der Waals surface area contributed by atoms with Gasteiger partial charge >= 0.3 is 0 Å². The van der Waals surface area contributed by atoms with Crippen LogP contribution in [0, 0.1) is 6.42 Å². The van der Waals surface area contributed by atoms with E-state index in [4.69, 9.17) is 0 Å². The Morgan fingerprint density at radius 2 is 1.86 bits per heavy atom. The Balaban J connectivity index is 2.14. The second-order valence-corrected chi connectivity index (χ2v) is 3.42. The van der Waals surface area contributed by atoms with Crippen LogP contribution in [0.5, 0.6) is 0 Å². The maximum atomic E-state index is 3.23. The fraction of sp³-hybridized carbons (Fsp3) is 0. The molecule has 1 aliphatic carbocycles. The first kappa shape index (κ1) is 7.63. The van der Waals surface area contributed by atoms with Crippen molar-refractivity contribution in [3.8, 4) is 0 Å². The molecule has 1 aromatic heterocycles. The SMILES string of the molecule is [CH]1C=C(c2ccc[nH]2)c2ccccc21. The van der Waals surface area contributed by atoms with Gasteiger partial charge in [-0.2, -0.15) is 0 Å². The highest BCUT2D eigenvalue weighted by Gasteiger charge is 2.14. The summed E-state index contributed by atoms with van der Waals surface area (Å²) in [7, 11) is 0. The van der Waals surface area contributed by atoms with E-state index in [1.807, 2.05) is 12.3 Å². The van der Waals surface area contributed by atoms with Crippen molar-refractivity contribution in [1.82, 2.24) is 4.98 Å². The number of hydrogen-bond donors (Lipinski definition) is 1. The third-order valence-electron chi connectivity index (χ3n) is 2.57. The molecule has 0 saturated heterocycles. The van der Waals surface area contributed by atoms with Gasteiger partial charge in [0.2, 0.25) is 0 Å². The number of nitrogens with one attached hydrogen (secondary N) is 1. The number of aromatic nitrogens is 1. The molecule has 0 amide bonds. The van der Waals surface area contributed by atoms with Crippen LogP contribution in [0.2, 0.25) is 0 Å². The first-order valence-corrected chi connectivity index (χ1v) is 4.73. The minimum absolute atomic E-state index is 1.19. The highest BCUT2D eigenvalue weighted by atomic mass is 14.7. The highest BCUT2D eigenvalue weighted by molar-refractivity contribution is 5.85. The van der Waals surface area contributed by atoms with Crippen LogP contribution in [-0.2, 0) is 0 Å². The molecular weight excluding hydrogens is 170 g/mol. The van der Waals surface area contributed by atoms with Gasteiger partial charge in [0, 0.05) is 23.9 Å². The van der Waals surface area contributed by atoms with Gasteiger partial charge in [-0.05, 0) is 23.3 Å². The third-order valence-corrected chi connectivity index (χ3v) is 2.57. The molecule has 14 heavy (non-hydrogen) atoms. The molecule has 0 spiro atoms. The summed E-state index contributed by atoms with van der Waals surface area (Å²) in [5.74, 6) is 0. The fourth-order valence-corrected chi connectivity index (χ4v) is 1.88. The quantitative estimate of drug-likeness (QED) is 0.694. The summed E-state index contributed by atoms with van der Waals surface area (Å²) in [6.45, 7) is 0. The lowest BCUT2D eigenvalue weighted by Crippen LogP contribution is -1.85. The maximum absolute atomic E-state index is 3.23. The first-order valence-electron chi connectivity index (χ1n) is 4.73. The molecule has 1 N–H and O–H groups in total. The normalized spacial score (nSPS) is 13.9. The lowest BCUT2D eigenvalue weighted by molar-refractivity contribution is 1.35. The Bertz CT molecular complexity index is 478. The van der Waals surface area contributed by atoms with E-state index in [-0.39, 0.29) is 0 Å². The number of rotatable bonds is 1. The molecule has 0 atom stereocenters. The van der Waals surface area contributed by atoms with E-state index in [0.717, 1.165) is 0 Å². The number of fused-ring (bicyclic) bond motifs is 1. The molecule has 3 rings (SSSR count). The molecule has 2 aromatic rings. The minimum Gasteiger partial charge on any atom is -0.361 e. The minimum atomic E-state index is 1.19. The van der Waals surface area contributed by atoms with Crippen LogP contribution < -0.4 is 0 Å². The Kier molecular flexibility index (Phi) is 1.57. The number of hydrogen-bond acceptors (Lipinski definition) is 0. The second kappa shape index (κ2) is 2.88. The molecule has 1 radical (unpaired) electrons. The molecule has 1 aromatic carbocycles. The highest BCUT2D eigenvalue weighted by Crippen LogP contribution is 2.32. The summed E-state index contributed by atoms with van der Waals surface area (Å²) >= 11 is 0. The lowest BCUT2D eigenvalue weighted by Gasteiger charge is -2.02. The zero-order valence-electron chi connectivity index (χ0n) is 7.70. The molecule has 1 heteroatoms. The van der Waals surface area contributed by atoms with E-state index in [9.17, 15) is 0 Å². The Hall–Kier alpha value is -1.76. The van der Waals surface area contributed by atoms with Crippen molar-refractivity contribution in [2.75, 3.05) is 0 Å². The van der Waals surface area contributed by atoms with Crippen LogP contribution in [0.3, 0.4) is 0 Å². The van der Waals surface area contributed by atoms with Gasteiger partial charge in [0.15, 0.2) is 0 Å². The summed E-state index contributed by atoms with van der Waals surface area (Å²) in [5, 5.41) is 0. The summed E-state index contributed by atoms with van der Waals surface area (Å²) in [4.78, 5) is 3.23. The largest absolute Gasteiger partial charge is 0.361 e. The molecule has 0 saturated carbocycles. The number of aromatic amines is 1. The van der Waals surface area contributed by atoms with Crippen molar-refractivity contribution in [3.63, 3.8) is 0 Å². The van der Waals surface area contributed by atoms with Gasteiger partial charge in [-0.3, -0.25) is 0 Å². The molecule has 1 aliphatic rings. The van der Waals surface area contributed by atoms with Crippen molar-refractivity contribution in [3.05, 3.63) is 71.9 Å². The van der Waals surface area contributed by atoms with E-state index in [1.54, 1.807) is 0 Å². The van der Waals surface area contributed by atoms with Gasteiger partial charge in [-0.25, -0.2) is 0 Å². The third kappa shape index (κ3) is 1.02. The number of H-pyrrole nitrogens is 1. The van der Waals surface area contributed by atoms with Gasteiger partial charge in [0.1, 0.15) is 0 Å². The van der Waals surface area contributed by atoms with Gasteiger partial charge in [-0.15, -0.1) is 0 Å². The zero-order valence-corrected chi connectivity index (χ0v) is 7.70. The van der Waals surface area contributed by atoms with E-state index < -0.39 is 0 Å². The van der Waals surface area contributed by atoms with E-state index in [2.05, 4.69) is 47.8 Å². The average molecular weight is 180 g/mol. The van der Waals surface area contributed by atoms with Crippen LogP contribution in [0.1, 0.15) is 16.8 Å². The summed E-state index contributed by atoms with van der Waals surface area (Å²) in [6, 6.07) is 12.6. The van der Waals surface area contributed by atoms with Crippen LogP contribution in [0.25, 0.3) is 5.57 Å². The molecule has 0 unspecified atom stereocenters. The van der Waals surface area contributed by atoms with Crippen LogP contribution >= 0.6 is 0 Å². The van der Waals surface area contributed by atoms with Gasteiger partial charge in [0.25, 0.3) is 0 Å². The molecule has 0 aliphatic heterocycles. The fourth-order valence-electron chi connectivity index (χ4n) is 1.88. The Morgan fingerprint density at radius 1 is 0.929 bits per heavy atom. The van der Waals surface area contributed by atoms with E-state index >= 15 is 0 Å². The smallest absolute Gasteiger partial charge is 0.0457 e. The number of allylic oxidation sites excluding steroid dienone is 1. The Morgan fingerprint density at radius 3 is 2.71 bits per heavy atom. The van der Waals surface area contributed by atoms with Crippen molar-refractivity contribution in [2.45, 2.75) is 0 Å². The van der Waals surface area contributed by atoms with E-state index in [1.165, 1.54) is 22.4 Å². The van der Waals surface area contributed by atoms with Crippen molar-refractivity contribution in [2.24, 2.45) is 0 Å². The van der Waals surface area contributed by atoms with Gasteiger partial charge < -0.3 is 4.98 Å². The number of benzene rings is 1. The Labute approximate surface area is 83.1 Å². The van der Waals surface area contributed by atoms with Crippen molar-refractivity contribution < 1.29 is 0 Å². The van der Waals surface area contributed by atoms with Crippen LogP contribution in [0.15, 0.2) is 48.7 Å². The zero-order chi connectivity index (χ0) is 9.38. The van der Waals surface area contributed by atoms with E-state index in [0.29, 0.717) is 0 Å². The predicted molar refractivity (Wildman–Crippen MR) is 57.7 cm³/mol. The molecule has 67 valence electrons. The van der Waals surface area contributed by atoms with Crippen molar-refractivity contribution in [1.29, 1.82) is 0 Å². The molecule has 0 fully saturated rings. The lowest BCUT2D eigenvalue weighted by atomic mass is 10.0. The first-order chi connectivity index (χ1) is 6.95. The topological polar surface area (TPSA) is 15.8 Å². The maximum Gasteiger partial charge on any atom is 0.0457 e. The average Bonchev–Trinajstić information content (AvgIpc) is 2.85. The van der Waals surface area contributed by atoms with Crippen LogP contribution in [0.4, 0.5) is 0 Å². The van der Waals surface area contributed by atoms with Crippen molar-refractivity contribution >= 4 is 5.57 Å². The second-order valence-electron chi connectivity index (χ2n) is 3.42. The molecule has 0 bridgehead atoms. The summed E-state index contributed by atoms with van der Waals surface area (Å²) in [5.41, 5.74) is 5.09. The molecule has 1 heterocycles. The monoisotopic (exact) mass is 180 g/mol. The van der Waals surface area contributed by atoms with Gasteiger partial charge in [-0.1, -0.05) is 30.3 Å². The van der Waals surface area contributed by atoms with Gasteiger partial charge in [0.05, 0.1) is 0 Å².